The van der Waals surface area contributed by atoms with Crippen molar-refractivity contribution in [3.05, 3.63) is 0 Å². The molecule has 110 valence electrons. The molecule has 0 amide bonds. The lowest BCUT2D eigenvalue weighted by Gasteiger charge is -2.38. The Bertz CT molecular complexity index is 285. The Morgan fingerprint density at radius 2 is 1.68 bits per heavy atom. The molecule has 1 heterocycles. The topological polar surface area (TPSA) is 50.5 Å². The molecule has 0 saturated carbocycles. The molecule has 0 spiro atoms. The first kappa shape index (κ1) is 16.4. The number of unbranched alkanes of at least 4 members (excludes halogenated alkanes) is 2. The first-order valence-electron chi connectivity index (χ1n) is 7.43. The van der Waals surface area contributed by atoms with Crippen LogP contribution in [0.4, 0.5) is 0 Å². The van der Waals surface area contributed by atoms with Crippen LogP contribution in [0.2, 0.25) is 0 Å². The van der Waals surface area contributed by atoms with Crippen molar-refractivity contribution in [2.24, 2.45) is 5.41 Å². The molecule has 1 aliphatic rings. The van der Waals surface area contributed by atoms with Crippen LogP contribution in [0.15, 0.2) is 0 Å². The van der Waals surface area contributed by atoms with Gasteiger partial charge in [-0.15, -0.1) is 0 Å². The molecule has 1 N–H and O–H groups in total. The normalized spacial score (nSPS) is 20.2. The number of hydrogen-bond acceptors (Lipinski definition) is 4. The highest BCUT2D eigenvalue weighted by Crippen LogP contribution is 2.20. The van der Waals surface area contributed by atoms with Crippen LogP contribution in [-0.4, -0.2) is 60.3 Å². The van der Waals surface area contributed by atoms with Crippen molar-refractivity contribution >= 4 is 0 Å². The number of β-amino-alcohol motifs (C(OH)–C–C–N with tert-alkyl or cyclic N) is 1. The maximum atomic E-state index is 10.1. The third kappa shape index (κ3) is 6.38. The standard InChI is InChI=1S/C15H29N3O/c1-15(2,3)14(19)13-18-11-9-17(10-12-18)8-6-4-5-7-16/h14,19H,4-6,8-13H2,1-3H3/t14-/m1/s1. The average Bonchev–Trinajstić information content (AvgIpc) is 2.35. The molecular weight excluding hydrogens is 238 g/mol. The lowest BCUT2D eigenvalue weighted by Crippen LogP contribution is -2.50. The monoisotopic (exact) mass is 267 g/mol. The van der Waals surface area contributed by atoms with E-state index in [1.807, 2.05) is 0 Å². The number of aliphatic hydroxyl groups excluding tert-OH is 1. The van der Waals surface area contributed by atoms with Crippen LogP contribution in [-0.2, 0) is 0 Å². The third-order valence-electron chi connectivity index (χ3n) is 3.91. The molecule has 0 aromatic carbocycles. The molecule has 0 aliphatic carbocycles. The molecular formula is C15H29N3O. The van der Waals surface area contributed by atoms with Crippen molar-refractivity contribution in [2.45, 2.75) is 46.1 Å². The summed E-state index contributed by atoms with van der Waals surface area (Å²) in [7, 11) is 0. The summed E-state index contributed by atoms with van der Waals surface area (Å²) in [5.74, 6) is 0. The van der Waals surface area contributed by atoms with Crippen molar-refractivity contribution in [1.82, 2.24) is 9.80 Å². The number of hydrogen-bond donors (Lipinski definition) is 1. The van der Waals surface area contributed by atoms with Gasteiger partial charge in [-0.3, -0.25) is 4.90 Å². The van der Waals surface area contributed by atoms with E-state index in [2.05, 4.69) is 36.6 Å². The molecule has 1 saturated heterocycles. The van der Waals surface area contributed by atoms with E-state index in [9.17, 15) is 5.11 Å². The Hall–Kier alpha value is -0.630. The van der Waals surface area contributed by atoms with Gasteiger partial charge in [0.2, 0.25) is 0 Å². The quantitative estimate of drug-likeness (QED) is 0.744. The molecule has 1 fully saturated rings. The van der Waals surface area contributed by atoms with E-state index >= 15 is 0 Å². The van der Waals surface area contributed by atoms with Crippen LogP contribution in [0, 0.1) is 16.7 Å². The summed E-state index contributed by atoms with van der Waals surface area (Å²) >= 11 is 0. The maximum absolute atomic E-state index is 10.1. The van der Waals surface area contributed by atoms with Crippen molar-refractivity contribution in [2.75, 3.05) is 39.3 Å². The van der Waals surface area contributed by atoms with Crippen LogP contribution in [0.1, 0.15) is 40.0 Å². The van der Waals surface area contributed by atoms with E-state index in [-0.39, 0.29) is 11.5 Å². The van der Waals surface area contributed by atoms with Gasteiger partial charge in [-0.05, 0) is 24.8 Å². The fourth-order valence-corrected chi connectivity index (χ4v) is 2.25. The van der Waals surface area contributed by atoms with Gasteiger partial charge >= 0.3 is 0 Å². The third-order valence-corrected chi connectivity index (χ3v) is 3.91. The average molecular weight is 267 g/mol. The Balaban J connectivity index is 2.17. The summed E-state index contributed by atoms with van der Waals surface area (Å²) < 4.78 is 0. The molecule has 0 aromatic heterocycles. The van der Waals surface area contributed by atoms with Gasteiger partial charge in [-0.2, -0.15) is 5.26 Å². The zero-order valence-corrected chi connectivity index (χ0v) is 12.7. The molecule has 1 rings (SSSR count). The van der Waals surface area contributed by atoms with E-state index in [4.69, 9.17) is 5.26 Å². The van der Waals surface area contributed by atoms with E-state index in [0.29, 0.717) is 6.42 Å². The van der Waals surface area contributed by atoms with Crippen molar-refractivity contribution in [1.29, 1.82) is 5.26 Å². The fourth-order valence-electron chi connectivity index (χ4n) is 2.25. The second-order valence-electron chi connectivity index (χ2n) is 6.64. The van der Waals surface area contributed by atoms with Crippen LogP contribution in [0.25, 0.3) is 0 Å². The molecule has 0 bridgehead atoms. The van der Waals surface area contributed by atoms with Crippen molar-refractivity contribution < 1.29 is 5.11 Å². The second-order valence-corrected chi connectivity index (χ2v) is 6.64. The molecule has 1 atom stereocenters. The van der Waals surface area contributed by atoms with Gasteiger partial charge in [0.15, 0.2) is 0 Å². The smallest absolute Gasteiger partial charge is 0.0715 e. The Morgan fingerprint density at radius 3 is 2.21 bits per heavy atom. The van der Waals surface area contributed by atoms with Gasteiger partial charge in [0.25, 0.3) is 0 Å². The number of nitrogens with zero attached hydrogens (tertiary/aromatic N) is 3. The Morgan fingerprint density at radius 1 is 1.11 bits per heavy atom. The fraction of sp³-hybridized carbons (Fsp3) is 0.933. The zero-order valence-electron chi connectivity index (χ0n) is 12.7. The first-order valence-corrected chi connectivity index (χ1v) is 7.43. The van der Waals surface area contributed by atoms with Crippen molar-refractivity contribution in [3.8, 4) is 6.07 Å². The minimum Gasteiger partial charge on any atom is -0.391 e. The minimum atomic E-state index is -0.255. The lowest BCUT2D eigenvalue weighted by molar-refractivity contribution is 0.0133. The summed E-state index contributed by atoms with van der Waals surface area (Å²) in [5, 5.41) is 18.6. The van der Waals surface area contributed by atoms with Gasteiger partial charge in [-0.25, -0.2) is 0 Å². The molecule has 4 nitrogen and oxygen atoms in total. The minimum absolute atomic E-state index is 0.0333. The predicted molar refractivity (Wildman–Crippen MR) is 77.8 cm³/mol. The molecule has 1 aliphatic heterocycles. The van der Waals surface area contributed by atoms with Gasteiger partial charge in [-0.1, -0.05) is 20.8 Å². The number of rotatable bonds is 6. The molecule has 0 unspecified atom stereocenters. The first-order chi connectivity index (χ1) is 8.93. The second kappa shape index (κ2) is 7.84. The highest BCUT2D eigenvalue weighted by molar-refractivity contribution is 4.80. The zero-order chi connectivity index (χ0) is 14.3. The molecule has 19 heavy (non-hydrogen) atoms. The summed E-state index contributed by atoms with van der Waals surface area (Å²) in [4.78, 5) is 4.83. The maximum Gasteiger partial charge on any atom is 0.0715 e. The van der Waals surface area contributed by atoms with Gasteiger partial charge < -0.3 is 10.0 Å². The highest BCUT2D eigenvalue weighted by atomic mass is 16.3. The largest absolute Gasteiger partial charge is 0.391 e. The van der Waals surface area contributed by atoms with Gasteiger partial charge in [0.05, 0.1) is 12.2 Å². The SMILES string of the molecule is CC(C)(C)[C@H](O)CN1CCN(CCCCC#N)CC1. The van der Waals surface area contributed by atoms with E-state index in [0.717, 1.165) is 52.1 Å². The molecule has 4 heteroatoms. The van der Waals surface area contributed by atoms with Gasteiger partial charge in [0, 0.05) is 39.1 Å². The van der Waals surface area contributed by atoms with Crippen LogP contribution in [0.5, 0.6) is 0 Å². The summed E-state index contributed by atoms with van der Waals surface area (Å²) in [6, 6.07) is 2.19. The molecule has 0 radical (unpaired) electrons. The number of piperazine rings is 1. The van der Waals surface area contributed by atoms with Crippen LogP contribution < -0.4 is 0 Å². The lowest BCUT2D eigenvalue weighted by atomic mass is 9.89. The summed E-state index contributed by atoms with van der Waals surface area (Å²) in [6.45, 7) is 12.4. The van der Waals surface area contributed by atoms with Crippen LogP contribution in [0.3, 0.4) is 0 Å². The van der Waals surface area contributed by atoms with E-state index in [1.54, 1.807) is 0 Å². The summed E-state index contributed by atoms with van der Waals surface area (Å²) in [6.07, 6.45) is 2.56. The van der Waals surface area contributed by atoms with Crippen molar-refractivity contribution in [3.63, 3.8) is 0 Å². The van der Waals surface area contributed by atoms with E-state index < -0.39 is 0 Å². The number of nitriles is 1. The number of aliphatic hydroxyl groups is 1. The predicted octanol–water partition coefficient (Wildman–Crippen LogP) is 1.70. The Kier molecular flexibility index (Phi) is 6.78. The van der Waals surface area contributed by atoms with E-state index in [1.165, 1.54) is 0 Å². The van der Waals surface area contributed by atoms with Gasteiger partial charge in [0.1, 0.15) is 0 Å². The molecule has 0 aromatic rings. The van der Waals surface area contributed by atoms with Crippen LogP contribution >= 0.6 is 0 Å². The Labute approximate surface area is 118 Å². The highest BCUT2D eigenvalue weighted by Gasteiger charge is 2.26. The summed E-state index contributed by atoms with van der Waals surface area (Å²) in [5.41, 5.74) is -0.0333.